The van der Waals surface area contributed by atoms with Crippen LogP contribution in [-0.2, 0) is 6.54 Å². The second-order valence-electron chi connectivity index (χ2n) is 10.5. The molecule has 0 radical (unpaired) electrons. The van der Waals surface area contributed by atoms with Crippen molar-refractivity contribution in [1.29, 1.82) is 5.41 Å². The SMILES string of the molecule is CN(C)C(=O)c1cccc(Oc2nc(Oc3cc(C(=N)N)ccc3O)c(Cl)c(OC3CCN(Cc4ccccc4)C3)c2Cl)c1. The van der Waals surface area contributed by atoms with Gasteiger partial charge in [0.1, 0.15) is 27.7 Å². The molecule has 0 saturated carbocycles. The molecule has 3 aromatic carbocycles. The summed E-state index contributed by atoms with van der Waals surface area (Å²) in [5.74, 6) is -0.541. The number of aromatic hydroxyl groups is 1. The third kappa shape index (κ3) is 7.16. The highest BCUT2D eigenvalue weighted by atomic mass is 35.5. The number of carbonyl (C=O) groups excluding carboxylic acids is 1. The Kier molecular flexibility index (Phi) is 9.43. The second kappa shape index (κ2) is 13.4. The Labute approximate surface area is 265 Å². The lowest BCUT2D eigenvalue weighted by Gasteiger charge is -2.20. The predicted molar refractivity (Wildman–Crippen MR) is 169 cm³/mol. The number of benzene rings is 3. The van der Waals surface area contributed by atoms with E-state index < -0.39 is 0 Å². The number of likely N-dealkylation sites (tertiary alicyclic amines) is 1. The number of hydrogen-bond donors (Lipinski definition) is 3. The number of ether oxygens (including phenoxy) is 3. The van der Waals surface area contributed by atoms with Crippen LogP contribution in [0.3, 0.4) is 0 Å². The third-order valence-corrected chi connectivity index (χ3v) is 7.59. The molecule has 1 aliphatic heterocycles. The standard InChI is InChI=1S/C32H31Cl2N5O5/c1-38(2)32(41)21-9-6-10-22(15-21)43-30-26(33)28(42-23-13-14-39(18-23)17-19-7-4-3-5-8-19)27(34)31(37-30)44-25-16-20(29(35)36)11-12-24(25)40/h3-12,15-16,23,40H,13-14,17-18H2,1-2H3,(H3,35,36). The molecule has 0 aliphatic carbocycles. The normalized spacial score (nSPS) is 14.7. The van der Waals surface area contributed by atoms with E-state index in [1.54, 1.807) is 38.4 Å². The second-order valence-corrected chi connectivity index (χ2v) is 11.2. The first-order chi connectivity index (χ1) is 21.1. The zero-order valence-electron chi connectivity index (χ0n) is 24.1. The predicted octanol–water partition coefficient (Wildman–Crippen LogP) is 6.32. The summed E-state index contributed by atoms with van der Waals surface area (Å²) in [7, 11) is 3.31. The molecule has 2 heterocycles. The van der Waals surface area contributed by atoms with E-state index in [0.717, 1.165) is 19.5 Å². The number of nitrogens with zero attached hydrogens (tertiary/aromatic N) is 3. The van der Waals surface area contributed by atoms with Crippen molar-refractivity contribution >= 4 is 34.9 Å². The molecule has 228 valence electrons. The summed E-state index contributed by atoms with van der Waals surface area (Å²) in [6.45, 7) is 2.21. The van der Waals surface area contributed by atoms with Gasteiger partial charge in [0.2, 0.25) is 11.8 Å². The first-order valence-electron chi connectivity index (χ1n) is 13.8. The highest BCUT2D eigenvalue weighted by Crippen LogP contribution is 2.47. The Morgan fingerprint density at radius 2 is 1.75 bits per heavy atom. The number of carbonyl (C=O) groups is 1. The molecule has 1 aromatic heterocycles. The van der Waals surface area contributed by atoms with E-state index in [-0.39, 0.29) is 56.9 Å². The van der Waals surface area contributed by atoms with Crippen molar-refractivity contribution in [3.63, 3.8) is 0 Å². The topological polar surface area (TPSA) is 134 Å². The van der Waals surface area contributed by atoms with Crippen LogP contribution in [0.5, 0.6) is 34.8 Å². The largest absolute Gasteiger partial charge is 0.504 e. The average Bonchev–Trinajstić information content (AvgIpc) is 3.45. The monoisotopic (exact) mass is 635 g/mol. The molecule has 1 aliphatic rings. The number of phenols is 1. The van der Waals surface area contributed by atoms with E-state index in [4.69, 9.17) is 48.6 Å². The van der Waals surface area contributed by atoms with Crippen LogP contribution in [-0.4, -0.2) is 64.9 Å². The fraction of sp³-hybridized carbons (Fsp3) is 0.219. The molecule has 4 aromatic rings. The minimum Gasteiger partial charge on any atom is -0.504 e. The van der Waals surface area contributed by atoms with Gasteiger partial charge in [-0.3, -0.25) is 15.1 Å². The minimum absolute atomic E-state index is 0.00917. The summed E-state index contributed by atoms with van der Waals surface area (Å²) in [6.07, 6.45) is 0.483. The number of halogens is 2. The Morgan fingerprint density at radius 1 is 1.02 bits per heavy atom. The number of phenolic OH excluding ortho intramolecular Hbond substituents is 1. The van der Waals surface area contributed by atoms with Crippen LogP contribution in [0, 0.1) is 5.41 Å². The van der Waals surface area contributed by atoms with Gasteiger partial charge in [-0.05, 0) is 48.4 Å². The molecule has 44 heavy (non-hydrogen) atoms. The van der Waals surface area contributed by atoms with Gasteiger partial charge in [0.05, 0.1) is 0 Å². The van der Waals surface area contributed by atoms with Crippen LogP contribution in [0.4, 0.5) is 0 Å². The minimum atomic E-state index is -0.243. The van der Waals surface area contributed by atoms with E-state index in [0.29, 0.717) is 23.4 Å². The lowest BCUT2D eigenvalue weighted by atomic mass is 10.2. The number of nitrogens with two attached hydrogens (primary N) is 1. The lowest BCUT2D eigenvalue weighted by Crippen LogP contribution is -2.24. The Hall–Kier alpha value is -4.51. The number of nitrogen functional groups attached to an aromatic ring is 1. The number of amides is 1. The summed E-state index contributed by atoms with van der Waals surface area (Å²) in [5.41, 5.74) is 7.55. The Balaban J connectivity index is 1.48. The van der Waals surface area contributed by atoms with Gasteiger partial charge in [0.25, 0.3) is 5.91 Å². The summed E-state index contributed by atoms with van der Waals surface area (Å²) < 4.78 is 18.3. The van der Waals surface area contributed by atoms with Crippen molar-refractivity contribution in [1.82, 2.24) is 14.8 Å². The van der Waals surface area contributed by atoms with Gasteiger partial charge >= 0.3 is 0 Å². The number of amidine groups is 1. The number of nitrogens with one attached hydrogen (secondary N) is 1. The van der Waals surface area contributed by atoms with Gasteiger partial charge < -0.3 is 30.0 Å². The molecular weight excluding hydrogens is 605 g/mol. The Morgan fingerprint density at radius 3 is 2.45 bits per heavy atom. The summed E-state index contributed by atoms with van der Waals surface area (Å²) in [6, 6.07) is 20.9. The first kappa shape index (κ1) is 30.9. The number of rotatable bonds is 10. The zero-order valence-corrected chi connectivity index (χ0v) is 25.6. The maximum Gasteiger partial charge on any atom is 0.253 e. The molecule has 5 rings (SSSR count). The van der Waals surface area contributed by atoms with Crippen molar-refractivity contribution in [2.24, 2.45) is 5.73 Å². The molecule has 4 N–H and O–H groups in total. The van der Waals surface area contributed by atoms with E-state index >= 15 is 0 Å². The highest BCUT2D eigenvalue weighted by Gasteiger charge is 2.29. The van der Waals surface area contributed by atoms with Gasteiger partial charge in [0.15, 0.2) is 17.2 Å². The number of pyridine rings is 1. The number of aromatic nitrogens is 1. The number of hydrogen-bond acceptors (Lipinski definition) is 8. The zero-order chi connectivity index (χ0) is 31.4. The van der Waals surface area contributed by atoms with Crippen LogP contribution < -0.4 is 19.9 Å². The van der Waals surface area contributed by atoms with Crippen LogP contribution in [0.2, 0.25) is 10.0 Å². The van der Waals surface area contributed by atoms with Crippen molar-refractivity contribution in [2.45, 2.75) is 19.1 Å². The van der Waals surface area contributed by atoms with Gasteiger partial charge in [-0.15, -0.1) is 0 Å². The van der Waals surface area contributed by atoms with E-state index in [1.165, 1.54) is 28.7 Å². The van der Waals surface area contributed by atoms with Crippen molar-refractivity contribution < 1.29 is 24.1 Å². The van der Waals surface area contributed by atoms with Gasteiger partial charge in [-0.2, -0.15) is 4.98 Å². The van der Waals surface area contributed by atoms with E-state index in [9.17, 15) is 9.90 Å². The molecule has 1 saturated heterocycles. The fourth-order valence-corrected chi connectivity index (χ4v) is 5.18. The maximum absolute atomic E-state index is 12.5. The highest BCUT2D eigenvalue weighted by molar-refractivity contribution is 6.38. The molecule has 0 bridgehead atoms. The maximum atomic E-state index is 12.5. The van der Waals surface area contributed by atoms with Crippen molar-refractivity contribution in [3.8, 4) is 34.8 Å². The first-order valence-corrected chi connectivity index (χ1v) is 14.5. The average molecular weight is 637 g/mol. The van der Waals surface area contributed by atoms with Crippen molar-refractivity contribution in [3.05, 3.63) is 99.5 Å². The molecular formula is C32H31Cl2N5O5. The molecule has 10 nitrogen and oxygen atoms in total. The summed E-state index contributed by atoms with van der Waals surface area (Å²) >= 11 is 13.6. The van der Waals surface area contributed by atoms with E-state index in [1.807, 2.05) is 18.2 Å². The molecule has 12 heteroatoms. The molecule has 0 spiro atoms. The molecule has 1 unspecified atom stereocenters. The molecule has 1 atom stereocenters. The lowest BCUT2D eigenvalue weighted by molar-refractivity contribution is 0.0827. The Bertz CT molecular complexity index is 1690. The quantitative estimate of drug-likeness (QED) is 0.136. The van der Waals surface area contributed by atoms with Crippen LogP contribution in [0.25, 0.3) is 0 Å². The van der Waals surface area contributed by atoms with Gasteiger partial charge in [-0.1, -0.05) is 59.6 Å². The van der Waals surface area contributed by atoms with Crippen LogP contribution in [0.15, 0.2) is 72.8 Å². The van der Waals surface area contributed by atoms with E-state index in [2.05, 4.69) is 22.0 Å². The van der Waals surface area contributed by atoms with Gasteiger partial charge in [0, 0.05) is 44.9 Å². The smallest absolute Gasteiger partial charge is 0.253 e. The summed E-state index contributed by atoms with van der Waals surface area (Å²) in [4.78, 5) is 20.7. The molecule has 1 fully saturated rings. The fourth-order valence-electron chi connectivity index (χ4n) is 4.69. The molecule has 1 amide bonds. The third-order valence-electron chi connectivity index (χ3n) is 6.92. The summed E-state index contributed by atoms with van der Waals surface area (Å²) in [5, 5.41) is 18.2. The van der Waals surface area contributed by atoms with Gasteiger partial charge in [-0.25, -0.2) is 0 Å². The van der Waals surface area contributed by atoms with Crippen LogP contribution in [0.1, 0.15) is 27.9 Å². The van der Waals surface area contributed by atoms with Crippen molar-refractivity contribution in [2.75, 3.05) is 27.2 Å². The van der Waals surface area contributed by atoms with Crippen LogP contribution >= 0.6 is 23.2 Å².